The van der Waals surface area contributed by atoms with Crippen LogP contribution in [0.5, 0.6) is 11.5 Å². The Morgan fingerprint density at radius 3 is 1.80 bits per heavy atom. The Balaban J connectivity index is 2.89. The number of benzene rings is 2. The fourth-order valence-corrected chi connectivity index (χ4v) is 4.09. The summed E-state index contributed by atoms with van der Waals surface area (Å²) in [6.07, 6.45) is 0. The van der Waals surface area contributed by atoms with E-state index in [0.29, 0.717) is 0 Å². The number of hydrogen-bond acceptors (Lipinski definition) is 4. The molecule has 0 unspecified atom stereocenters. The lowest BCUT2D eigenvalue weighted by molar-refractivity contribution is 0.0693. The average Bonchev–Trinajstić information content (AvgIpc) is 2.56. The maximum atomic E-state index is 12.9. The molecule has 5 nitrogen and oxygen atoms in total. The van der Waals surface area contributed by atoms with Crippen LogP contribution in [-0.4, -0.2) is 27.1 Å². The van der Waals surface area contributed by atoms with Crippen molar-refractivity contribution in [1.29, 1.82) is 0 Å². The number of ketones is 1. The van der Waals surface area contributed by atoms with Crippen molar-refractivity contribution in [3.8, 4) is 11.5 Å². The number of carboxylic acids is 1. The molecule has 0 aromatic heterocycles. The maximum absolute atomic E-state index is 12.9. The molecule has 2 rings (SSSR count). The molecule has 0 radical (unpaired) electrons. The van der Waals surface area contributed by atoms with Crippen LogP contribution in [-0.2, 0) is 0 Å². The van der Waals surface area contributed by atoms with Crippen molar-refractivity contribution in [3.05, 3.63) is 51.8 Å². The monoisotopic (exact) mass is 550 g/mol. The summed E-state index contributed by atoms with van der Waals surface area (Å²) in [6.45, 7) is 0. The first kappa shape index (κ1) is 20.6. The lowest BCUT2D eigenvalue weighted by atomic mass is 9.97. The van der Waals surface area contributed by atoms with E-state index in [1.807, 2.05) is 0 Å². The fraction of sp³-hybridized carbons (Fsp3) is 0. The summed E-state index contributed by atoms with van der Waals surface area (Å²) in [5, 5.41) is 27.7. The third kappa shape index (κ3) is 3.46. The molecule has 0 aliphatic carbocycles. The molecule has 0 bridgehead atoms. The van der Waals surface area contributed by atoms with Gasteiger partial charge in [-0.15, -0.1) is 0 Å². The number of carbonyl (C=O) groups excluding carboxylic acids is 1. The number of carboxylic acid groups (broad SMARTS) is 1. The summed E-state index contributed by atoms with van der Waals surface area (Å²) in [6, 6.07) is 1.09. The molecule has 2 aromatic rings. The number of aromatic carboxylic acids is 1. The van der Waals surface area contributed by atoms with E-state index >= 15 is 0 Å². The van der Waals surface area contributed by atoms with E-state index in [1.165, 1.54) is 0 Å². The van der Waals surface area contributed by atoms with Gasteiger partial charge in [-0.05, 0) is 37.9 Å². The molecule has 0 aliphatic heterocycles. The molecule has 0 saturated heterocycles. The number of rotatable bonds is 3. The van der Waals surface area contributed by atoms with Gasteiger partial charge in [-0.1, -0.05) is 46.4 Å². The van der Waals surface area contributed by atoms with Crippen LogP contribution in [0.15, 0.2) is 15.0 Å². The molecule has 11 heteroatoms. The van der Waals surface area contributed by atoms with Gasteiger partial charge in [0.1, 0.15) is 16.0 Å². The fourth-order valence-electron chi connectivity index (χ4n) is 1.95. The zero-order chi connectivity index (χ0) is 19.2. The molecule has 0 saturated carbocycles. The molecule has 25 heavy (non-hydrogen) atoms. The van der Waals surface area contributed by atoms with Gasteiger partial charge >= 0.3 is 5.97 Å². The summed E-state index contributed by atoms with van der Waals surface area (Å²) in [5.41, 5.74) is -1.56. The van der Waals surface area contributed by atoms with Crippen molar-refractivity contribution < 1.29 is 24.9 Å². The highest BCUT2D eigenvalue weighted by molar-refractivity contribution is 9.11. The number of carbonyl (C=O) groups is 2. The largest absolute Gasteiger partial charge is 0.506 e. The van der Waals surface area contributed by atoms with Gasteiger partial charge in [0.15, 0.2) is 5.78 Å². The number of phenolic OH excluding ortho intramolecular Hbond substituents is 2. The highest BCUT2D eigenvalue weighted by Gasteiger charge is 2.31. The predicted molar refractivity (Wildman–Crippen MR) is 102 cm³/mol. The number of halogens is 6. The summed E-state index contributed by atoms with van der Waals surface area (Å²) < 4.78 is -0.107. The molecule has 3 N–H and O–H groups in total. The van der Waals surface area contributed by atoms with E-state index in [1.54, 1.807) is 0 Å². The quantitative estimate of drug-likeness (QED) is 0.240. The van der Waals surface area contributed by atoms with E-state index in [2.05, 4.69) is 31.9 Å². The minimum Gasteiger partial charge on any atom is -0.506 e. The van der Waals surface area contributed by atoms with Crippen LogP contribution in [0.25, 0.3) is 0 Å². The molecule has 0 fully saturated rings. The summed E-state index contributed by atoms with van der Waals surface area (Å²) in [4.78, 5) is 24.4. The first-order valence-corrected chi connectivity index (χ1v) is 9.14. The van der Waals surface area contributed by atoms with Gasteiger partial charge < -0.3 is 15.3 Å². The van der Waals surface area contributed by atoms with Crippen LogP contribution < -0.4 is 0 Å². The van der Waals surface area contributed by atoms with Gasteiger partial charge in [0, 0.05) is 0 Å². The first-order chi connectivity index (χ1) is 11.5. The first-order valence-electron chi connectivity index (χ1n) is 6.04. The zero-order valence-corrected chi connectivity index (χ0v) is 17.7. The van der Waals surface area contributed by atoms with Crippen LogP contribution in [0.2, 0.25) is 20.1 Å². The average molecular weight is 554 g/mol. The van der Waals surface area contributed by atoms with Crippen molar-refractivity contribution in [2.45, 2.75) is 0 Å². The van der Waals surface area contributed by atoms with Crippen LogP contribution in [0.3, 0.4) is 0 Å². The summed E-state index contributed by atoms with van der Waals surface area (Å²) >= 11 is 29.6. The SMILES string of the molecule is O=C(O)c1c(Cl)c(Cl)c(Cl)c(Cl)c1C(=O)c1cc(Br)c(O)c(Br)c1O. The second kappa shape index (κ2) is 7.50. The zero-order valence-electron chi connectivity index (χ0n) is 11.5. The van der Waals surface area contributed by atoms with Crippen LogP contribution in [0, 0.1) is 0 Å². The van der Waals surface area contributed by atoms with E-state index in [4.69, 9.17) is 46.4 Å². The molecule has 132 valence electrons. The molecule has 0 spiro atoms. The van der Waals surface area contributed by atoms with Crippen LogP contribution in [0.1, 0.15) is 26.3 Å². The minimum atomic E-state index is -1.56. The highest BCUT2D eigenvalue weighted by atomic mass is 79.9. The normalized spacial score (nSPS) is 10.8. The molecule has 0 atom stereocenters. The second-order valence-corrected chi connectivity index (χ2v) is 7.72. The minimum absolute atomic E-state index is 0.0691. The Hall–Kier alpha value is -0.700. The van der Waals surface area contributed by atoms with E-state index in [0.717, 1.165) is 6.07 Å². The third-order valence-electron chi connectivity index (χ3n) is 3.12. The Morgan fingerprint density at radius 1 is 0.840 bits per heavy atom. The van der Waals surface area contributed by atoms with Crippen molar-refractivity contribution >= 4 is 90.0 Å². The number of aromatic hydroxyl groups is 2. The molecule has 0 amide bonds. The lowest BCUT2D eigenvalue weighted by Gasteiger charge is -2.15. The van der Waals surface area contributed by atoms with E-state index in [-0.39, 0.29) is 30.3 Å². The number of hydrogen-bond donors (Lipinski definition) is 3. The van der Waals surface area contributed by atoms with Crippen molar-refractivity contribution in [1.82, 2.24) is 0 Å². The van der Waals surface area contributed by atoms with Gasteiger partial charge in [-0.25, -0.2) is 4.79 Å². The molecule has 0 heterocycles. The Morgan fingerprint density at radius 2 is 1.32 bits per heavy atom. The van der Waals surface area contributed by atoms with Crippen molar-refractivity contribution in [3.63, 3.8) is 0 Å². The predicted octanol–water partition coefficient (Wildman–Crippen LogP) is 6.17. The Kier molecular flexibility index (Phi) is 6.18. The van der Waals surface area contributed by atoms with Crippen LogP contribution in [0.4, 0.5) is 0 Å². The van der Waals surface area contributed by atoms with E-state index < -0.39 is 38.7 Å². The highest BCUT2D eigenvalue weighted by Crippen LogP contribution is 2.45. The van der Waals surface area contributed by atoms with Gasteiger partial charge in [0.2, 0.25) is 0 Å². The Labute approximate surface area is 177 Å². The molecule has 0 aliphatic rings. The molecular formula is C14H4Br2Cl4O5. The number of phenols is 2. The summed E-state index contributed by atoms with van der Waals surface area (Å²) in [7, 11) is 0. The topological polar surface area (TPSA) is 94.8 Å². The molecular weight excluding hydrogens is 550 g/mol. The Bertz CT molecular complexity index is 946. The van der Waals surface area contributed by atoms with Crippen molar-refractivity contribution in [2.24, 2.45) is 0 Å². The maximum Gasteiger partial charge on any atom is 0.338 e. The van der Waals surface area contributed by atoms with Gasteiger partial charge in [0.25, 0.3) is 0 Å². The lowest BCUT2D eigenvalue weighted by Crippen LogP contribution is -2.13. The summed E-state index contributed by atoms with van der Waals surface area (Å²) in [5.74, 6) is -3.53. The van der Waals surface area contributed by atoms with Gasteiger partial charge in [-0.3, -0.25) is 4.79 Å². The third-order valence-corrected chi connectivity index (χ3v) is 6.28. The van der Waals surface area contributed by atoms with Crippen molar-refractivity contribution in [2.75, 3.05) is 0 Å². The second-order valence-electron chi connectivity index (χ2n) is 4.56. The smallest absolute Gasteiger partial charge is 0.338 e. The van der Waals surface area contributed by atoms with E-state index in [9.17, 15) is 24.9 Å². The van der Waals surface area contributed by atoms with Gasteiger partial charge in [-0.2, -0.15) is 0 Å². The van der Waals surface area contributed by atoms with Gasteiger partial charge in [0.05, 0.1) is 41.3 Å². The standard InChI is InChI=1S/C14H4Br2Cl4O5/c15-3-1-2(12(22)6(16)13(3)23)11(21)4-5(14(24)25)8(18)10(20)9(19)7(4)17/h1,22-23H,(H,24,25). The van der Waals surface area contributed by atoms with Crippen LogP contribution >= 0.6 is 78.3 Å². The molecule has 2 aromatic carbocycles.